The maximum atomic E-state index is 13.2. The van der Waals surface area contributed by atoms with E-state index in [2.05, 4.69) is 0 Å². The number of fused-ring (bicyclic) bond motifs is 2. The van der Waals surface area contributed by atoms with Gasteiger partial charge in [0, 0.05) is 11.1 Å². The summed E-state index contributed by atoms with van der Waals surface area (Å²) in [6.07, 6.45) is 0.0653. The normalized spacial score (nSPS) is 18.2. The Morgan fingerprint density at radius 2 is 1.76 bits per heavy atom. The van der Waals surface area contributed by atoms with Crippen molar-refractivity contribution in [1.29, 1.82) is 0 Å². The Kier molecular flexibility index (Phi) is 3.98. The second-order valence-electron chi connectivity index (χ2n) is 6.50. The summed E-state index contributed by atoms with van der Waals surface area (Å²) < 4.78 is 17.4. The van der Waals surface area contributed by atoms with Gasteiger partial charge in [-0.3, -0.25) is 4.79 Å². The zero-order valence-electron chi connectivity index (χ0n) is 14.4. The lowest BCUT2D eigenvalue weighted by Gasteiger charge is -2.23. The molecule has 4 rings (SSSR count). The topological polar surface area (TPSA) is 48.0 Å². The average Bonchev–Trinajstić information content (AvgIpc) is 3.18. The van der Waals surface area contributed by atoms with Gasteiger partial charge in [-0.25, -0.2) is 0 Å². The number of carbonyl (C=O) groups is 1. The van der Waals surface area contributed by atoms with Crippen LogP contribution in [-0.4, -0.2) is 25.2 Å². The molecule has 1 fully saturated rings. The van der Waals surface area contributed by atoms with Gasteiger partial charge in [0.2, 0.25) is 0 Å². The molecular formula is C20H21NO4. The van der Waals surface area contributed by atoms with Crippen molar-refractivity contribution >= 4 is 11.6 Å². The fraction of sp³-hybridized carbons (Fsp3) is 0.350. The summed E-state index contributed by atoms with van der Waals surface area (Å²) >= 11 is 0. The number of carbonyl (C=O) groups excluding carboxylic acids is 1. The number of nitrogens with zero attached hydrogens (tertiary/aromatic N) is 1. The molecule has 1 amide bonds. The number of hydrogen-bond acceptors (Lipinski definition) is 4. The van der Waals surface area contributed by atoms with Gasteiger partial charge in [-0.2, -0.15) is 0 Å². The fourth-order valence-corrected chi connectivity index (χ4v) is 3.41. The highest BCUT2D eigenvalue weighted by atomic mass is 16.7. The first-order chi connectivity index (χ1) is 12.1. The van der Waals surface area contributed by atoms with E-state index in [-0.39, 0.29) is 12.0 Å². The fourth-order valence-electron chi connectivity index (χ4n) is 3.41. The Bertz CT molecular complexity index is 796. The lowest BCUT2D eigenvalue weighted by Crippen LogP contribution is -2.41. The molecule has 130 valence electrons. The van der Waals surface area contributed by atoms with Gasteiger partial charge in [0.05, 0.1) is 31.5 Å². The van der Waals surface area contributed by atoms with Gasteiger partial charge in [0.25, 0.3) is 11.7 Å². The first-order valence-corrected chi connectivity index (χ1v) is 8.56. The molecule has 0 atom stereocenters. The van der Waals surface area contributed by atoms with Gasteiger partial charge in [0.1, 0.15) is 5.75 Å². The molecule has 0 aliphatic carbocycles. The highest BCUT2D eigenvalue weighted by molar-refractivity contribution is 6.06. The van der Waals surface area contributed by atoms with Gasteiger partial charge >= 0.3 is 0 Å². The molecule has 0 radical (unpaired) electrons. The van der Waals surface area contributed by atoms with Crippen molar-refractivity contribution in [2.24, 2.45) is 0 Å². The van der Waals surface area contributed by atoms with E-state index in [1.807, 2.05) is 62.4 Å². The van der Waals surface area contributed by atoms with Crippen molar-refractivity contribution in [3.05, 3.63) is 59.7 Å². The van der Waals surface area contributed by atoms with E-state index < -0.39 is 5.79 Å². The van der Waals surface area contributed by atoms with E-state index in [0.29, 0.717) is 19.8 Å². The molecule has 5 nitrogen and oxygen atoms in total. The van der Waals surface area contributed by atoms with Crippen LogP contribution in [0.2, 0.25) is 0 Å². The molecule has 1 saturated heterocycles. The molecular weight excluding hydrogens is 318 g/mol. The van der Waals surface area contributed by atoms with Gasteiger partial charge in [0.15, 0.2) is 0 Å². The molecule has 5 heteroatoms. The van der Waals surface area contributed by atoms with Crippen LogP contribution in [0.3, 0.4) is 0 Å². The smallest absolute Gasteiger partial charge is 0.292 e. The Balaban J connectivity index is 1.71. The second kappa shape index (κ2) is 6.17. The summed E-state index contributed by atoms with van der Waals surface area (Å²) in [5.74, 6) is -0.674. The van der Waals surface area contributed by atoms with Crippen molar-refractivity contribution in [2.45, 2.75) is 32.3 Å². The van der Waals surface area contributed by atoms with Crippen LogP contribution in [0.4, 0.5) is 5.69 Å². The van der Waals surface area contributed by atoms with Gasteiger partial charge in [-0.1, -0.05) is 36.4 Å². The highest BCUT2D eigenvalue weighted by Gasteiger charge is 2.55. The van der Waals surface area contributed by atoms with Gasteiger partial charge in [-0.05, 0) is 26.0 Å². The van der Waals surface area contributed by atoms with E-state index in [1.165, 1.54) is 0 Å². The van der Waals surface area contributed by atoms with Crippen LogP contribution >= 0.6 is 0 Å². The van der Waals surface area contributed by atoms with Crippen LogP contribution in [0, 0.1) is 0 Å². The Hall–Kier alpha value is -2.37. The van der Waals surface area contributed by atoms with E-state index in [4.69, 9.17) is 14.2 Å². The molecule has 0 aromatic heterocycles. The van der Waals surface area contributed by atoms with Crippen LogP contribution in [-0.2, 0) is 26.6 Å². The predicted octanol–water partition coefficient (Wildman–Crippen LogP) is 3.22. The highest BCUT2D eigenvalue weighted by Crippen LogP contribution is 2.46. The monoisotopic (exact) mass is 339 g/mol. The third-order valence-electron chi connectivity index (χ3n) is 4.43. The minimum absolute atomic E-state index is 0.0653. The van der Waals surface area contributed by atoms with E-state index in [0.717, 1.165) is 22.6 Å². The first kappa shape index (κ1) is 16.1. The van der Waals surface area contributed by atoms with E-state index in [1.54, 1.807) is 4.90 Å². The molecule has 2 heterocycles. The summed E-state index contributed by atoms with van der Waals surface area (Å²) in [5.41, 5.74) is 2.56. The van der Waals surface area contributed by atoms with E-state index in [9.17, 15) is 4.79 Å². The molecule has 1 spiro atoms. The molecule has 25 heavy (non-hydrogen) atoms. The number of hydrogen-bond donors (Lipinski definition) is 0. The molecule has 2 aromatic rings. The van der Waals surface area contributed by atoms with Crippen LogP contribution in [0.25, 0.3) is 0 Å². The van der Waals surface area contributed by atoms with Gasteiger partial charge in [-0.15, -0.1) is 0 Å². The minimum atomic E-state index is -1.29. The summed E-state index contributed by atoms with van der Waals surface area (Å²) in [4.78, 5) is 14.9. The number of anilines is 1. The summed E-state index contributed by atoms with van der Waals surface area (Å²) in [6.45, 7) is 5.22. The van der Waals surface area contributed by atoms with Crippen LogP contribution in [0.5, 0.6) is 5.75 Å². The van der Waals surface area contributed by atoms with Crippen LogP contribution < -0.4 is 9.64 Å². The SMILES string of the molecule is CC(C)Oc1ccccc1CN1C(=O)C2(OCCO2)c2ccccc21. The molecule has 0 bridgehead atoms. The Labute approximate surface area is 147 Å². The summed E-state index contributed by atoms with van der Waals surface area (Å²) in [7, 11) is 0. The molecule has 0 unspecified atom stereocenters. The van der Waals surface area contributed by atoms with Crippen LogP contribution in [0.15, 0.2) is 48.5 Å². The Morgan fingerprint density at radius 1 is 1.08 bits per heavy atom. The first-order valence-electron chi connectivity index (χ1n) is 8.56. The standard InChI is InChI=1S/C20H21NO4/c1-14(2)25-18-10-6-3-7-15(18)13-21-17-9-5-4-8-16(17)20(19(21)22)23-11-12-24-20/h3-10,14H,11-13H2,1-2H3. The second-order valence-corrected chi connectivity index (χ2v) is 6.50. The zero-order valence-corrected chi connectivity index (χ0v) is 14.4. The number of benzene rings is 2. The molecule has 2 aromatic carbocycles. The van der Waals surface area contributed by atoms with Crippen molar-refractivity contribution < 1.29 is 19.0 Å². The van der Waals surface area contributed by atoms with Crippen molar-refractivity contribution in [2.75, 3.05) is 18.1 Å². The molecule has 0 saturated carbocycles. The van der Waals surface area contributed by atoms with Crippen molar-refractivity contribution in [3.63, 3.8) is 0 Å². The molecule has 2 aliphatic heterocycles. The third-order valence-corrected chi connectivity index (χ3v) is 4.43. The lowest BCUT2D eigenvalue weighted by molar-refractivity contribution is -0.180. The van der Waals surface area contributed by atoms with Crippen LogP contribution in [0.1, 0.15) is 25.0 Å². The Morgan fingerprint density at radius 3 is 2.52 bits per heavy atom. The zero-order chi connectivity index (χ0) is 17.4. The largest absolute Gasteiger partial charge is 0.491 e. The van der Waals surface area contributed by atoms with Crippen molar-refractivity contribution in [3.8, 4) is 5.75 Å². The third kappa shape index (κ3) is 2.60. The minimum Gasteiger partial charge on any atom is -0.491 e. The van der Waals surface area contributed by atoms with E-state index >= 15 is 0 Å². The number of rotatable bonds is 4. The maximum Gasteiger partial charge on any atom is 0.292 e. The summed E-state index contributed by atoms with van der Waals surface area (Å²) in [5, 5.41) is 0. The predicted molar refractivity (Wildman–Crippen MR) is 93.4 cm³/mol. The molecule has 2 aliphatic rings. The maximum absolute atomic E-state index is 13.2. The number of para-hydroxylation sites is 2. The molecule has 0 N–H and O–H groups in total. The number of amides is 1. The summed E-state index contributed by atoms with van der Waals surface area (Å²) in [6, 6.07) is 15.4. The number of ether oxygens (including phenoxy) is 3. The van der Waals surface area contributed by atoms with Gasteiger partial charge < -0.3 is 19.1 Å². The average molecular weight is 339 g/mol. The lowest BCUT2D eigenvalue weighted by atomic mass is 10.1. The van der Waals surface area contributed by atoms with Crippen molar-refractivity contribution in [1.82, 2.24) is 0 Å². The quantitative estimate of drug-likeness (QED) is 0.858.